The number of amides is 4. The van der Waals surface area contributed by atoms with Crippen LogP contribution in [0.3, 0.4) is 0 Å². The quantitative estimate of drug-likeness (QED) is 0.593. The van der Waals surface area contributed by atoms with Gasteiger partial charge in [0.15, 0.2) is 17.2 Å². The molecule has 37 heavy (non-hydrogen) atoms. The van der Waals surface area contributed by atoms with Gasteiger partial charge in [0.05, 0.1) is 6.54 Å². The van der Waals surface area contributed by atoms with Gasteiger partial charge in [0.1, 0.15) is 6.10 Å². The maximum Gasteiger partial charge on any atom is 0.425 e. The third-order valence-corrected chi connectivity index (χ3v) is 7.52. The number of hydrogen-bond acceptors (Lipinski definition) is 5. The molecule has 4 amide bonds. The number of carbonyl (C=O) groups is 3. The van der Waals surface area contributed by atoms with E-state index in [0.717, 1.165) is 31.0 Å². The van der Waals surface area contributed by atoms with Gasteiger partial charge in [0.2, 0.25) is 0 Å². The summed E-state index contributed by atoms with van der Waals surface area (Å²) in [4.78, 5) is 53.2. The van der Waals surface area contributed by atoms with Crippen molar-refractivity contribution in [1.29, 1.82) is 0 Å². The number of hydrogen-bond donors (Lipinski definition) is 1. The molecule has 0 bridgehead atoms. The van der Waals surface area contributed by atoms with Crippen LogP contribution < -0.4 is 10.9 Å². The van der Waals surface area contributed by atoms with Crippen LogP contribution in [-0.2, 0) is 21.6 Å². The standard InChI is InChI=1S/C27H31F2N3O5/c1-15(2)19-9-7-16(3)12-22(19)37-26(36)32-24(34)27(30-25(32)35,18-8-10-20(28)21(29)13-18)14-31-11-5-6-17(4)23(31)33/h5-6,8,10-11,13,15-16,19,22H,7,9,12,14H2,1-4H3,(H,30,35). The van der Waals surface area contributed by atoms with Gasteiger partial charge in [-0.05, 0) is 61.3 Å². The first-order valence-electron chi connectivity index (χ1n) is 12.4. The highest BCUT2D eigenvalue weighted by atomic mass is 19.2. The molecule has 4 unspecified atom stereocenters. The molecule has 1 saturated carbocycles. The minimum Gasteiger partial charge on any atom is -0.445 e. The Morgan fingerprint density at radius 3 is 2.57 bits per heavy atom. The average molecular weight is 516 g/mol. The summed E-state index contributed by atoms with van der Waals surface area (Å²) in [6.07, 6.45) is 2.25. The van der Waals surface area contributed by atoms with E-state index < -0.39 is 53.4 Å². The SMILES string of the molecule is Cc1cccn(CC2(c3ccc(F)c(F)c3)NC(=O)N(C(=O)OC3CC(C)CCC3C(C)C)C2=O)c1=O. The van der Waals surface area contributed by atoms with Crippen LogP contribution in [0.15, 0.2) is 41.3 Å². The van der Waals surface area contributed by atoms with E-state index in [1.165, 1.54) is 10.8 Å². The molecule has 198 valence electrons. The van der Waals surface area contributed by atoms with E-state index in [-0.39, 0.29) is 17.4 Å². The molecule has 0 radical (unpaired) electrons. The van der Waals surface area contributed by atoms with Gasteiger partial charge in [0, 0.05) is 11.8 Å². The lowest BCUT2D eigenvalue weighted by Crippen LogP contribution is -2.50. The predicted octanol–water partition coefficient (Wildman–Crippen LogP) is 4.48. The molecule has 1 saturated heterocycles. The van der Waals surface area contributed by atoms with Crippen LogP contribution in [0, 0.1) is 36.3 Å². The zero-order chi connectivity index (χ0) is 27.1. The fourth-order valence-electron chi connectivity index (χ4n) is 5.37. The fourth-order valence-corrected chi connectivity index (χ4v) is 5.37. The zero-order valence-corrected chi connectivity index (χ0v) is 21.3. The molecule has 2 heterocycles. The van der Waals surface area contributed by atoms with Crippen LogP contribution >= 0.6 is 0 Å². The Labute approximate surface area is 213 Å². The Morgan fingerprint density at radius 2 is 1.89 bits per heavy atom. The third-order valence-electron chi connectivity index (χ3n) is 7.52. The molecule has 0 spiro atoms. The molecule has 4 rings (SSSR count). The second-order valence-corrected chi connectivity index (χ2v) is 10.5. The average Bonchev–Trinajstić information content (AvgIpc) is 3.08. The Bertz CT molecular complexity index is 1290. The van der Waals surface area contributed by atoms with Crippen molar-refractivity contribution in [3.63, 3.8) is 0 Å². The van der Waals surface area contributed by atoms with Gasteiger partial charge in [-0.3, -0.25) is 9.59 Å². The van der Waals surface area contributed by atoms with Crippen molar-refractivity contribution in [2.45, 2.75) is 65.1 Å². The van der Waals surface area contributed by atoms with Crippen molar-refractivity contribution < 1.29 is 27.9 Å². The number of imide groups is 3. The van der Waals surface area contributed by atoms with E-state index >= 15 is 0 Å². The number of carbonyl (C=O) groups excluding carboxylic acids is 3. The molecule has 1 aliphatic carbocycles. The zero-order valence-electron chi connectivity index (χ0n) is 21.3. The molecule has 1 aromatic carbocycles. The van der Waals surface area contributed by atoms with Crippen molar-refractivity contribution in [3.05, 3.63) is 69.6 Å². The second-order valence-electron chi connectivity index (χ2n) is 10.5. The number of benzene rings is 1. The predicted molar refractivity (Wildman–Crippen MR) is 130 cm³/mol. The summed E-state index contributed by atoms with van der Waals surface area (Å²) >= 11 is 0. The third kappa shape index (κ3) is 4.89. The normalized spacial score (nSPS) is 25.9. The van der Waals surface area contributed by atoms with E-state index in [0.29, 0.717) is 22.8 Å². The van der Waals surface area contributed by atoms with Crippen LogP contribution in [0.1, 0.15) is 51.2 Å². The maximum absolute atomic E-state index is 14.3. The van der Waals surface area contributed by atoms with E-state index in [9.17, 15) is 28.0 Å². The van der Waals surface area contributed by atoms with Crippen LogP contribution in [-0.4, -0.2) is 33.6 Å². The van der Waals surface area contributed by atoms with Gasteiger partial charge < -0.3 is 14.6 Å². The largest absolute Gasteiger partial charge is 0.445 e. The van der Waals surface area contributed by atoms with Crippen molar-refractivity contribution in [2.75, 3.05) is 0 Å². The Morgan fingerprint density at radius 1 is 1.16 bits per heavy atom. The van der Waals surface area contributed by atoms with E-state index in [1.54, 1.807) is 19.1 Å². The molecule has 1 aliphatic heterocycles. The number of aryl methyl sites for hydroxylation is 1. The molecular weight excluding hydrogens is 484 g/mol. The number of nitrogens with one attached hydrogen (secondary N) is 1. The topological polar surface area (TPSA) is 97.7 Å². The Hall–Kier alpha value is -3.56. The van der Waals surface area contributed by atoms with Crippen molar-refractivity contribution in [3.8, 4) is 0 Å². The first-order chi connectivity index (χ1) is 17.4. The maximum atomic E-state index is 14.3. The summed E-state index contributed by atoms with van der Waals surface area (Å²) in [5.74, 6) is -2.82. The highest BCUT2D eigenvalue weighted by Crippen LogP contribution is 2.37. The number of pyridine rings is 1. The number of nitrogens with zero attached hydrogens (tertiary/aromatic N) is 2. The van der Waals surface area contributed by atoms with Gasteiger partial charge in [-0.15, -0.1) is 0 Å². The molecule has 1 N–H and O–H groups in total. The van der Waals surface area contributed by atoms with Crippen LogP contribution in [0.25, 0.3) is 0 Å². The lowest BCUT2D eigenvalue weighted by Gasteiger charge is -2.37. The summed E-state index contributed by atoms with van der Waals surface area (Å²) in [6, 6.07) is 4.84. The molecule has 2 fully saturated rings. The summed E-state index contributed by atoms with van der Waals surface area (Å²) in [7, 11) is 0. The number of urea groups is 1. The Balaban J connectivity index is 1.72. The fraction of sp³-hybridized carbons (Fsp3) is 0.481. The van der Waals surface area contributed by atoms with Crippen LogP contribution in [0.5, 0.6) is 0 Å². The van der Waals surface area contributed by atoms with E-state index in [2.05, 4.69) is 12.2 Å². The Kier molecular flexibility index (Phi) is 7.21. The molecule has 4 atom stereocenters. The molecule has 2 aliphatic rings. The van der Waals surface area contributed by atoms with Crippen LogP contribution in [0.2, 0.25) is 0 Å². The molecule has 1 aromatic heterocycles. The first kappa shape index (κ1) is 26.5. The minimum atomic E-state index is -2.04. The number of aromatic nitrogens is 1. The molecular formula is C27H31F2N3O5. The van der Waals surface area contributed by atoms with E-state index in [4.69, 9.17) is 4.74 Å². The molecule has 2 aromatic rings. The van der Waals surface area contributed by atoms with Gasteiger partial charge in [-0.25, -0.2) is 18.4 Å². The van der Waals surface area contributed by atoms with Gasteiger partial charge in [-0.2, -0.15) is 4.90 Å². The van der Waals surface area contributed by atoms with Crippen molar-refractivity contribution in [2.24, 2.45) is 17.8 Å². The minimum absolute atomic E-state index is 0.0720. The highest BCUT2D eigenvalue weighted by molar-refractivity contribution is 6.17. The summed E-state index contributed by atoms with van der Waals surface area (Å²) in [6.45, 7) is 7.25. The smallest absolute Gasteiger partial charge is 0.425 e. The molecule has 10 heteroatoms. The first-order valence-corrected chi connectivity index (χ1v) is 12.4. The monoisotopic (exact) mass is 515 g/mol. The summed E-state index contributed by atoms with van der Waals surface area (Å²) in [5.41, 5.74) is -2.22. The summed E-state index contributed by atoms with van der Waals surface area (Å²) in [5, 5.41) is 2.47. The van der Waals surface area contributed by atoms with Crippen molar-refractivity contribution in [1.82, 2.24) is 14.8 Å². The van der Waals surface area contributed by atoms with Gasteiger partial charge >= 0.3 is 12.1 Å². The second kappa shape index (κ2) is 10.1. The van der Waals surface area contributed by atoms with Crippen LogP contribution in [0.4, 0.5) is 18.4 Å². The lowest BCUT2D eigenvalue weighted by molar-refractivity contribution is -0.131. The van der Waals surface area contributed by atoms with Gasteiger partial charge in [-0.1, -0.05) is 39.3 Å². The number of ether oxygens (including phenoxy) is 1. The van der Waals surface area contributed by atoms with E-state index in [1.807, 2.05) is 13.8 Å². The number of rotatable bonds is 5. The highest BCUT2D eigenvalue weighted by Gasteiger charge is 2.56. The number of halogens is 2. The lowest BCUT2D eigenvalue weighted by atomic mass is 9.75. The summed E-state index contributed by atoms with van der Waals surface area (Å²) < 4.78 is 34.9. The van der Waals surface area contributed by atoms with Crippen molar-refractivity contribution >= 4 is 18.0 Å². The van der Waals surface area contributed by atoms with Gasteiger partial charge in [0.25, 0.3) is 11.5 Å². The molecule has 8 nitrogen and oxygen atoms in total.